The van der Waals surface area contributed by atoms with Gasteiger partial charge in [-0.1, -0.05) is 6.08 Å². The van der Waals surface area contributed by atoms with E-state index in [2.05, 4.69) is 0 Å². The number of rotatable bonds is 1. The van der Waals surface area contributed by atoms with Crippen LogP contribution in [-0.4, -0.2) is 22.9 Å². The molecule has 0 aromatic rings. The summed E-state index contributed by atoms with van der Waals surface area (Å²) in [4.78, 5) is 0. The van der Waals surface area contributed by atoms with E-state index in [1.54, 1.807) is 0 Å². The van der Waals surface area contributed by atoms with Gasteiger partial charge >= 0.3 is 6.18 Å². The molecular formula is C10H14F3NO. The van der Waals surface area contributed by atoms with Crippen LogP contribution in [-0.2, 0) is 0 Å². The number of alkyl halides is 3. The second-order valence-corrected chi connectivity index (χ2v) is 4.22. The summed E-state index contributed by atoms with van der Waals surface area (Å²) in [6, 6.07) is -0.687. The molecule has 0 fully saturated rings. The maximum Gasteiger partial charge on any atom is 0.416 e. The third kappa shape index (κ3) is 3.07. The van der Waals surface area contributed by atoms with Crippen LogP contribution in [0.5, 0.6) is 0 Å². The van der Waals surface area contributed by atoms with Crippen LogP contribution in [0.25, 0.3) is 0 Å². The van der Waals surface area contributed by atoms with Crippen LogP contribution in [0.3, 0.4) is 0 Å². The number of hydrogen-bond acceptors (Lipinski definition) is 2. The summed E-state index contributed by atoms with van der Waals surface area (Å²) in [5, 5.41) is 9.63. The highest BCUT2D eigenvalue weighted by atomic mass is 19.4. The van der Waals surface area contributed by atoms with Gasteiger partial charge in [-0.3, -0.25) is 0 Å². The molecule has 0 heterocycles. The molecule has 0 radical (unpaired) electrons. The summed E-state index contributed by atoms with van der Waals surface area (Å²) in [6.45, 7) is 2.90. The van der Waals surface area contributed by atoms with Crippen LogP contribution in [0.2, 0.25) is 0 Å². The number of halogens is 3. The molecule has 15 heavy (non-hydrogen) atoms. The molecule has 0 spiro atoms. The van der Waals surface area contributed by atoms with E-state index in [0.717, 1.165) is 12.2 Å². The van der Waals surface area contributed by atoms with Crippen LogP contribution >= 0.6 is 0 Å². The fourth-order valence-electron chi connectivity index (χ4n) is 1.44. The average molecular weight is 221 g/mol. The summed E-state index contributed by atoms with van der Waals surface area (Å²) >= 11 is 0. The quantitative estimate of drug-likeness (QED) is 0.710. The Kier molecular flexibility index (Phi) is 2.98. The van der Waals surface area contributed by atoms with Crippen molar-refractivity contribution in [2.24, 2.45) is 5.73 Å². The van der Waals surface area contributed by atoms with Gasteiger partial charge in [0.15, 0.2) is 0 Å². The second-order valence-electron chi connectivity index (χ2n) is 4.22. The molecule has 3 N–H and O–H groups in total. The summed E-state index contributed by atoms with van der Waals surface area (Å²) in [5.74, 6) is 0. The van der Waals surface area contributed by atoms with Crippen molar-refractivity contribution in [2.75, 3.05) is 0 Å². The number of allylic oxidation sites excluding steroid dienone is 2. The Labute approximate surface area is 86.3 Å². The Balaban J connectivity index is 3.06. The number of aliphatic hydroxyl groups is 1. The molecule has 1 atom stereocenters. The highest BCUT2D eigenvalue weighted by molar-refractivity contribution is 5.37. The van der Waals surface area contributed by atoms with Crippen LogP contribution in [0.15, 0.2) is 23.3 Å². The molecule has 0 bridgehead atoms. The van der Waals surface area contributed by atoms with Gasteiger partial charge in [-0.15, -0.1) is 0 Å². The highest BCUT2D eigenvalue weighted by Gasteiger charge is 2.36. The van der Waals surface area contributed by atoms with Crippen LogP contribution in [0, 0.1) is 0 Å². The fraction of sp³-hybridized carbons (Fsp3) is 0.600. The zero-order valence-electron chi connectivity index (χ0n) is 8.60. The Hall–Kier alpha value is -0.810. The summed E-state index contributed by atoms with van der Waals surface area (Å²) in [6.07, 6.45) is -2.20. The zero-order valence-corrected chi connectivity index (χ0v) is 8.60. The van der Waals surface area contributed by atoms with Crippen molar-refractivity contribution in [3.05, 3.63) is 23.3 Å². The van der Waals surface area contributed by atoms with Crippen molar-refractivity contribution < 1.29 is 18.3 Å². The summed E-state index contributed by atoms with van der Waals surface area (Å²) < 4.78 is 37.3. The van der Waals surface area contributed by atoms with E-state index < -0.39 is 23.4 Å². The predicted octanol–water partition coefficient (Wildman–Crippen LogP) is 1.90. The minimum absolute atomic E-state index is 0.253. The fourth-order valence-corrected chi connectivity index (χ4v) is 1.44. The van der Waals surface area contributed by atoms with E-state index in [0.29, 0.717) is 5.57 Å². The summed E-state index contributed by atoms with van der Waals surface area (Å²) in [5.41, 5.74) is 3.75. The zero-order chi connectivity index (χ0) is 11.9. The van der Waals surface area contributed by atoms with Gasteiger partial charge < -0.3 is 10.8 Å². The van der Waals surface area contributed by atoms with Gasteiger partial charge in [0, 0.05) is 6.04 Å². The molecule has 0 aliphatic heterocycles. The summed E-state index contributed by atoms with van der Waals surface area (Å²) in [7, 11) is 0. The molecular weight excluding hydrogens is 207 g/mol. The first-order chi connectivity index (χ1) is 6.60. The van der Waals surface area contributed by atoms with Crippen molar-refractivity contribution in [3.63, 3.8) is 0 Å². The molecule has 5 heteroatoms. The Bertz CT molecular complexity index is 310. The van der Waals surface area contributed by atoms with Crippen LogP contribution < -0.4 is 5.73 Å². The van der Waals surface area contributed by atoms with Crippen molar-refractivity contribution in [3.8, 4) is 0 Å². The largest absolute Gasteiger partial charge is 0.416 e. The maximum absolute atomic E-state index is 12.4. The maximum atomic E-state index is 12.4. The van der Waals surface area contributed by atoms with E-state index in [1.807, 2.05) is 0 Å². The van der Waals surface area contributed by atoms with E-state index in [1.165, 1.54) is 13.8 Å². The van der Waals surface area contributed by atoms with Gasteiger partial charge in [0.2, 0.25) is 0 Å². The van der Waals surface area contributed by atoms with Crippen LogP contribution in [0.4, 0.5) is 13.2 Å². The molecule has 2 nitrogen and oxygen atoms in total. The topological polar surface area (TPSA) is 46.2 Å². The van der Waals surface area contributed by atoms with Crippen LogP contribution in [0.1, 0.15) is 20.3 Å². The minimum atomic E-state index is -4.41. The van der Waals surface area contributed by atoms with Gasteiger partial charge in [0.1, 0.15) is 0 Å². The third-order valence-electron chi connectivity index (χ3n) is 2.29. The molecule has 0 aromatic carbocycles. The van der Waals surface area contributed by atoms with Crippen molar-refractivity contribution >= 4 is 0 Å². The van der Waals surface area contributed by atoms with Gasteiger partial charge in [-0.25, -0.2) is 0 Å². The SMILES string of the molecule is CC(C)(O)C1=CC(C(F)(F)F)=CC(N)C1. The second kappa shape index (κ2) is 3.64. The molecule has 0 saturated carbocycles. The van der Waals surface area contributed by atoms with Gasteiger partial charge in [0.25, 0.3) is 0 Å². The lowest BCUT2D eigenvalue weighted by molar-refractivity contribution is -0.0890. The van der Waals surface area contributed by atoms with E-state index in [-0.39, 0.29) is 6.42 Å². The van der Waals surface area contributed by atoms with Crippen molar-refractivity contribution in [1.82, 2.24) is 0 Å². The lowest BCUT2D eigenvalue weighted by atomic mass is 9.86. The highest BCUT2D eigenvalue weighted by Crippen LogP contribution is 2.34. The molecule has 86 valence electrons. The minimum Gasteiger partial charge on any atom is -0.386 e. The van der Waals surface area contributed by atoms with E-state index >= 15 is 0 Å². The molecule has 0 amide bonds. The van der Waals surface area contributed by atoms with Gasteiger partial charge in [-0.2, -0.15) is 13.2 Å². The van der Waals surface area contributed by atoms with E-state index in [4.69, 9.17) is 5.73 Å². The first kappa shape index (κ1) is 12.3. The van der Waals surface area contributed by atoms with Crippen molar-refractivity contribution in [1.29, 1.82) is 0 Å². The standard InChI is InChI=1S/C10H14F3NO/c1-9(2,15)6-3-7(10(11,12)13)5-8(14)4-6/h3,5,8,15H,4,14H2,1-2H3. The predicted molar refractivity (Wildman–Crippen MR) is 51.1 cm³/mol. The molecule has 1 unspecified atom stereocenters. The molecule has 1 aliphatic rings. The van der Waals surface area contributed by atoms with E-state index in [9.17, 15) is 18.3 Å². The normalized spacial score (nSPS) is 23.5. The lowest BCUT2D eigenvalue weighted by Gasteiger charge is -2.28. The van der Waals surface area contributed by atoms with Gasteiger partial charge in [-0.05, 0) is 31.9 Å². The lowest BCUT2D eigenvalue weighted by Crippen LogP contribution is -2.32. The van der Waals surface area contributed by atoms with Gasteiger partial charge in [0.05, 0.1) is 11.2 Å². The monoisotopic (exact) mass is 221 g/mol. The molecule has 1 rings (SSSR count). The molecule has 1 aliphatic carbocycles. The Morgan fingerprint density at radius 3 is 2.33 bits per heavy atom. The first-order valence-corrected chi connectivity index (χ1v) is 4.59. The first-order valence-electron chi connectivity index (χ1n) is 4.59. The number of hydrogen-bond donors (Lipinski definition) is 2. The smallest absolute Gasteiger partial charge is 0.386 e. The average Bonchev–Trinajstić information content (AvgIpc) is 1.99. The molecule has 0 aromatic heterocycles. The third-order valence-corrected chi connectivity index (χ3v) is 2.29. The molecule has 0 saturated heterocycles. The van der Waals surface area contributed by atoms with Crippen molar-refractivity contribution in [2.45, 2.75) is 38.1 Å². The Morgan fingerprint density at radius 2 is 1.93 bits per heavy atom. The number of nitrogens with two attached hydrogens (primary N) is 1. The Morgan fingerprint density at radius 1 is 1.40 bits per heavy atom.